The van der Waals surface area contributed by atoms with Gasteiger partial charge in [0.15, 0.2) is 0 Å². The number of amides is 2. The van der Waals surface area contributed by atoms with Crippen molar-refractivity contribution in [1.29, 1.82) is 0 Å². The van der Waals surface area contributed by atoms with Crippen molar-refractivity contribution in [2.24, 2.45) is 5.10 Å². The van der Waals surface area contributed by atoms with Gasteiger partial charge in [-0.2, -0.15) is 5.10 Å². The predicted molar refractivity (Wildman–Crippen MR) is 113 cm³/mol. The number of rotatable bonds is 5. The van der Waals surface area contributed by atoms with Crippen LogP contribution in [0.3, 0.4) is 0 Å². The maximum absolute atomic E-state index is 12.6. The van der Waals surface area contributed by atoms with E-state index in [-0.39, 0.29) is 11.5 Å². The van der Waals surface area contributed by atoms with Gasteiger partial charge in [-0.05, 0) is 42.8 Å². The molecule has 7 heteroatoms. The highest BCUT2D eigenvalue weighted by Gasteiger charge is 2.14. The number of anilines is 1. The number of nitrogens with one attached hydrogen (secondary N) is 2. The lowest BCUT2D eigenvalue weighted by molar-refractivity contribution is 0.0956. The number of hydrogen-bond acceptors (Lipinski definition) is 4. The van der Waals surface area contributed by atoms with E-state index in [4.69, 9.17) is 0 Å². The molecule has 2 aromatic carbocycles. The first-order chi connectivity index (χ1) is 13.5. The van der Waals surface area contributed by atoms with Crippen LogP contribution in [0.15, 0.2) is 76.6 Å². The van der Waals surface area contributed by atoms with Crippen LogP contribution in [0, 0.1) is 6.92 Å². The normalized spacial score (nSPS) is 10.6. The number of carbonyl (C=O) groups excluding carboxylic acids is 2. The minimum absolute atomic E-state index is 0.290. The first kappa shape index (κ1) is 19.4. The largest absolute Gasteiger partial charge is 0.321 e. The van der Waals surface area contributed by atoms with Crippen LogP contribution in [-0.4, -0.2) is 23.0 Å². The number of pyridine rings is 1. The zero-order chi connectivity index (χ0) is 19.9. The molecule has 0 bridgehead atoms. The maximum Gasteiger partial charge on any atom is 0.273 e. The monoisotopic (exact) mass is 436 g/mol. The van der Waals surface area contributed by atoms with Crippen molar-refractivity contribution < 1.29 is 9.59 Å². The van der Waals surface area contributed by atoms with Crippen molar-refractivity contribution >= 4 is 39.6 Å². The predicted octanol–water partition coefficient (Wildman–Crippen LogP) is 4.17. The Labute approximate surface area is 170 Å². The Balaban J connectivity index is 1.75. The molecule has 2 amide bonds. The zero-order valence-electron chi connectivity index (χ0n) is 15.0. The fourth-order valence-electron chi connectivity index (χ4n) is 2.39. The molecule has 28 heavy (non-hydrogen) atoms. The fourth-order valence-corrected chi connectivity index (χ4v) is 2.75. The quantitative estimate of drug-likeness (QED) is 0.464. The summed E-state index contributed by atoms with van der Waals surface area (Å²) < 4.78 is 0.710. The number of benzene rings is 2. The minimum atomic E-state index is -0.435. The van der Waals surface area contributed by atoms with Crippen molar-refractivity contribution in [2.45, 2.75) is 6.92 Å². The highest BCUT2D eigenvalue weighted by molar-refractivity contribution is 9.10. The molecule has 1 heterocycles. The van der Waals surface area contributed by atoms with Crippen LogP contribution in [0.4, 0.5) is 5.69 Å². The van der Waals surface area contributed by atoms with Crippen molar-refractivity contribution in [1.82, 2.24) is 10.4 Å². The minimum Gasteiger partial charge on any atom is -0.321 e. The molecule has 0 spiro atoms. The Morgan fingerprint density at radius 3 is 2.43 bits per heavy atom. The Kier molecular flexibility index (Phi) is 6.29. The van der Waals surface area contributed by atoms with Crippen molar-refractivity contribution in [2.75, 3.05) is 5.32 Å². The van der Waals surface area contributed by atoms with Crippen LogP contribution in [0.2, 0.25) is 0 Å². The number of aromatic nitrogens is 1. The Hall–Kier alpha value is -3.32. The number of nitrogens with zero attached hydrogens (tertiary/aromatic N) is 2. The molecule has 0 radical (unpaired) electrons. The number of halogens is 1. The van der Waals surface area contributed by atoms with Crippen LogP contribution in [0.1, 0.15) is 31.8 Å². The molecule has 0 unspecified atom stereocenters. The molecular weight excluding hydrogens is 420 g/mol. The van der Waals surface area contributed by atoms with Crippen molar-refractivity contribution in [3.8, 4) is 0 Å². The lowest BCUT2D eigenvalue weighted by Gasteiger charge is -2.10. The van der Waals surface area contributed by atoms with E-state index in [0.717, 1.165) is 11.1 Å². The molecule has 0 aliphatic heterocycles. The second-order valence-corrected chi connectivity index (χ2v) is 6.91. The third kappa shape index (κ3) is 5.11. The van der Waals surface area contributed by atoms with Crippen LogP contribution in [0.5, 0.6) is 0 Å². The molecular formula is C21H17BrN4O2. The summed E-state index contributed by atoms with van der Waals surface area (Å²) in [6, 6.07) is 16.0. The summed E-state index contributed by atoms with van der Waals surface area (Å²) in [5.74, 6) is -0.767. The lowest BCUT2D eigenvalue weighted by Crippen LogP contribution is -2.21. The second kappa shape index (κ2) is 9.05. The van der Waals surface area contributed by atoms with E-state index in [9.17, 15) is 9.59 Å². The molecule has 2 N–H and O–H groups in total. The van der Waals surface area contributed by atoms with Crippen LogP contribution >= 0.6 is 15.9 Å². The number of hydrazone groups is 1. The zero-order valence-corrected chi connectivity index (χ0v) is 16.6. The standard InChI is InChI=1S/C21H17BrN4O2/c1-14-2-4-15(5-3-14)13-24-26-21(28)18-12-17(22)6-7-19(18)25-20(27)16-8-10-23-11-9-16/h2-13H,1H3,(H,25,27)(H,26,28)/b24-13+. The average molecular weight is 437 g/mol. The number of aryl methyl sites for hydroxylation is 1. The summed E-state index contributed by atoms with van der Waals surface area (Å²) in [5.41, 5.74) is 5.62. The van der Waals surface area contributed by atoms with Gasteiger partial charge < -0.3 is 5.32 Å². The maximum atomic E-state index is 12.6. The fraction of sp³-hybridized carbons (Fsp3) is 0.0476. The molecule has 0 fully saturated rings. The summed E-state index contributed by atoms with van der Waals surface area (Å²) in [6.07, 6.45) is 4.62. The first-order valence-electron chi connectivity index (χ1n) is 8.44. The molecule has 0 saturated heterocycles. The van der Waals surface area contributed by atoms with E-state index in [0.29, 0.717) is 15.7 Å². The summed E-state index contributed by atoms with van der Waals surface area (Å²) >= 11 is 3.35. The van der Waals surface area contributed by atoms with E-state index in [1.807, 2.05) is 31.2 Å². The molecule has 0 saturated carbocycles. The van der Waals surface area contributed by atoms with Gasteiger partial charge in [-0.1, -0.05) is 45.8 Å². The Morgan fingerprint density at radius 1 is 1.00 bits per heavy atom. The van der Waals surface area contributed by atoms with Gasteiger partial charge in [0.25, 0.3) is 11.8 Å². The van der Waals surface area contributed by atoms with E-state index >= 15 is 0 Å². The summed E-state index contributed by atoms with van der Waals surface area (Å²) in [6.45, 7) is 2.00. The van der Waals surface area contributed by atoms with E-state index in [1.54, 1.807) is 36.5 Å². The summed E-state index contributed by atoms with van der Waals surface area (Å²) in [7, 11) is 0. The van der Waals surface area contributed by atoms with Gasteiger partial charge >= 0.3 is 0 Å². The highest BCUT2D eigenvalue weighted by atomic mass is 79.9. The van der Waals surface area contributed by atoms with Gasteiger partial charge in [0, 0.05) is 22.4 Å². The lowest BCUT2D eigenvalue weighted by atomic mass is 10.1. The molecule has 3 rings (SSSR count). The van der Waals surface area contributed by atoms with Gasteiger partial charge in [-0.15, -0.1) is 0 Å². The van der Waals surface area contributed by atoms with Crippen LogP contribution < -0.4 is 10.7 Å². The second-order valence-electron chi connectivity index (χ2n) is 5.99. The summed E-state index contributed by atoms with van der Waals surface area (Å²) in [4.78, 5) is 28.9. The first-order valence-corrected chi connectivity index (χ1v) is 9.23. The molecule has 1 aromatic heterocycles. The molecule has 6 nitrogen and oxygen atoms in total. The van der Waals surface area contributed by atoms with Gasteiger partial charge in [0.2, 0.25) is 0 Å². The smallest absolute Gasteiger partial charge is 0.273 e. The Bertz CT molecular complexity index is 1020. The topological polar surface area (TPSA) is 83.5 Å². The van der Waals surface area contributed by atoms with Crippen LogP contribution in [-0.2, 0) is 0 Å². The molecule has 0 atom stereocenters. The van der Waals surface area contributed by atoms with Gasteiger partial charge in [-0.25, -0.2) is 5.43 Å². The third-order valence-electron chi connectivity index (χ3n) is 3.87. The van der Waals surface area contributed by atoms with E-state index in [1.165, 1.54) is 12.4 Å². The number of carbonyl (C=O) groups is 2. The van der Waals surface area contributed by atoms with Crippen molar-refractivity contribution in [3.05, 3.63) is 93.7 Å². The molecule has 140 valence electrons. The van der Waals surface area contributed by atoms with Gasteiger partial charge in [0.05, 0.1) is 17.5 Å². The summed E-state index contributed by atoms with van der Waals surface area (Å²) in [5, 5.41) is 6.74. The molecule has 0 aliphatic rings. The Morgan fingerprint density at radius 2 is 1.71 bits per heavy atom. The van der Waals surface area contributed by atoms with Crippen LogP contribution in [0.25, 0.3) is 0 Å². The number of hydrogen-bond donors (Lipinski definition) is 2. The van der Waals surface area contributed by atoms with E-state index < -0.39 is 5.91 Å². The average Bonchev–Trinajstić information content (AvgIpc) is 2.71. The third-order valence-corrected chi connectivity index (χ3v) is 4.37. The van der Waals surface area contributed by atoms with Gasteiger partial charge in [0.1, 0.15) is 0 Å². The SMILES string of the molecule is Cc1ccc(/C=N/NC(=O)c2cc(Br)ccc2NC(=O)c2ccncc2)cc1. The van der Waals surface area contributed by atoms with Crippen molar-refractivity contribution in [3.63, 3.8) is 0 Å². The molecule has 3 aromatic rings. The van der Waals surface area contributed by atoms with E-state index in [2.05, 4.69) is 36.8 Å². The van der Waals surface area contributed by atoms with Gasteiger partial charge in [-0.3, -0.25) is 14.6 Å². The highest BCUT2D eigenvalue weighted by Crippen LogP contribution is 2.22. The molecule has 0 aliphatic carbocycles.